The second kappa shape index (κ2) is 7.50. The zero-order valence-corrected chi connectivity index (χ0v) is 16.6. The third-order valence-electron chi connectivity index (χ3n) is 5.40. The summed E-state index contributed by atoms with van der Waals surface area (Å²) in [4.78, 5) is 21.8. The van der Waals surface area contributed by atoms with Gasteiger partial charge in [-0.25, -0.2) is 4.79 Å². The Hall–Kier alpha value is -3.08. The fraction of sp³-hybridized carbons (Fsp3) is 0.304. The van der Waals surface area contributed by atoms with E-state index in [1.54, 1.807) is 0 Å². The van der Waals surface area contributed by atoms with Gasteiger partial charge in [-0.05, 0) is 57.2 Å². The molecule has 0 aliphatic carbocycles. The fourth-order valence-corrected chi connectivity index (χ4v) is 3.80. The number of aromatic nitrogens is 1. The molecule has 1 N–H and O–H groups in total. The van der Waals surface area contributed by atoms with E-state index in [0.29, 0.717) is 6.54 Å². The first-order chi connectivity index (χ1) is 13.5. The lowest BCUT2D eigenvalue weighted by Crippen LogP contribution is -2.55. The van der Waals surface area contributed by atoms with Gasteiger partial charge in [0.25, 0.3) is 0 Å². The molecular formula is C23H26N4O. The summed E-state index contributed by atoms with van der Waals surface area (Å²) >= 11 is 0. The second-order valence-electron chi connectivity index (χ2n) is 7.58. The van der Waals surface area contributed by atoms with Gasteiger partial charge in [-0.15, -0.1) is 0 Å². The van der Waals surface area contributed by atoms with Gasteiger partial charge in [0.15, 0.2) is 0 Å². The maximum Gasteiger partial charge on any atom is 0.322 e. The highest BCUT2D eigenvalue weighted by molar-refractivity contribution is 6.00. The molecule has 3 aromatic rings. The molecule has 1 saturated heterocycles. The molecular weight excluding hydrogens is 348 g/mol. The fourth-order valence-electron chi connectivity index (χ4n) is 3.80. The van der Waals surface area contributed by atoms with E-state index in [4.69, 9.17) is 0 Å². The molecule has 1 aromatic heterocycles. The first-order valence-electron chi connectivity index (χ1n) is 9.77. The Morgan fingerprint density at radius 3 is 2.57 bits per heavy atom. The summed E-state index contributed by atoms with van der Waals surface area (Å²) in [6.07, 6.45) is 0. The summed E-state index contributed by atoms with van der Waals surface area (Å²) in [5.74, 6) is 0. The van der Waals surface area contributed by atoms with E-state index in [1.807, 2.05) is 42.2 Å². The summed E-state index contributed by atoms with van der Waals surface area (Å²) < 4.78 is 0. The number of pyridine rings is 1. The van der Waals surface area contributed by atoms with Crippen molar-refractivity contribution in [2.75, 3.05) is 29.9 Å². The van der Waals surface area contributed by atoms with Gasteiger partial charge in [0.2, 0.25) is 0 Å². The lowest BCUT2D eigenvalue weighted by molar-refractivity contribution is 0.185. The summed E-state index contributed by atoms with van der Waals surface area (Å²) in [5, 5.41) is 4.06. The van der Waals surface area contributed by atoms with Crippen LogP contribution >= 0.6 is 0 Å². The Labute approximate surface area is 166 Å². The van der Waals surface area contributed by atoms with E-state index in [2.05, 4.69) is 53.3 Å². The number of hydrogen-bond donors (Lipinski definition) is 1. The average Bonchev–Trinajstić information content (AvgIpc) is 2.68. The van der Waals surface area contributed by atoms with Crippen LogP contribution in [-0.2, 0) is 0 Å². The zero-order valence-electron chi connectivity index (χ0n) is 16.6. The van der Waals surface area contributed by atoms with Gasteiger partial charge < -0.3 is 15.1 Å². The number of benzene rings is 2. The minimum absolute atomic E-state index is 0.0517. The number of aryl methyl sites for hydroxylation is 2. The number of piperazine rings is 1. The van der Waals surface area contributed by atoms with E-state index in [0.717, 1.165) is 35.4 Å². The van der Waals surface area contributed by atoms with Gasteiger partial charge in [-0.3, -0.25) is 4.98 Å². The minimum Gasteiger partial charge on any atom is -0.368 e. The molecule has 0 unspecified atom stereocenters. The number of fused-ring (bicyclic) bond motifs is 1. The van der Waals surface area contributed by atoms with Crippen LogP contribution in [0.1, 0.15) is 18.2 Å². The lowest BCUT2D eigenvalue weighted by atomic mass is 10.1. The number of rotatable bonds is 2. The number of amides is 2. The molecule has 0 spiro atoms. The highest BCUT2D eigenvalue weighted by Gasteiger charge is 2.27. The van der Waals surface area contributed by atoms with E-state index in [9.17, 15) is 4.79 Å². The molecule has 0 radical (unpaired) electrons. The van der Waals surface area contributed by atoms with E-state index < -0.39 is 0 Å². The summed E-state index contributed by atoms with van der Waals surface area (Å²) in [6.45, 7) is 8.53. The largest absolute Gasteiger partial charge is 0.368 e. The molecule has 0 bridgehead atoms. The highest BCUT2D eigenvalue weighted by Crippen LogP contribution is 2.24. The smallest absolute Gasteiger partial charge is 0.322 e. The SMILES string of the molecule is Cc1ccc(N2CCN(C(=O)Nc3cccc4nc(C)ccc34)[C@H](C)C2)cc1. The maximum atomic E-state index is 13.0. The van der Waals surface area contributed by atoms with Crippen LogP contribution in [0.25, 0.3) is 10.9 Å². The third-order valence-corrected chi connectivity index (χ3v) is 5.40. The molecule has 1 fully saturated rings. The molecule has 0 saturated carbocycles. The summed E-state index contributed by atoms with van der Waals surface area (Å²) in [5.41, 5.74) is 5.15. The number of anilines is 2. The highest BCUT2D eigenvalue weighted by atomic mass is 16.2. The Bertz CT molecular complexity index is 999. The number of nitrogens with one attached hydrogen (secondary N) is 1. The van der Waals surface area contributed by atoms with Crippen LogP contribution in [0.2, 0.25) is 0 Å². The van der Waals surface area contributed by atoms with E-state index in [-0.39, 0.29) is 12.1 Å². The number of carbonyl (C=O) groups is 1. The third kappa shape index (κ3) is 3.65. The van der Waals surface area contributed by atoms with Crippen molar-refractivity contribution < 1.29 is 4.79 Å². The molecule has 2 heterocycles. The van der Waals surface area contributed by atoms with Crippen molar-refractivity contribution in [2.45, 2.75) is 26.8 Å². The Morgan fingerprint density at radius 2 is 1.82 bits per heavy atom. The predicted molar refractivity (Wildman–Crippen MR) is 115 cm³/mol. The van der Waals surface area contributed by atoms with Crippen molar-refractivity contribution in [3.05, 3.63) is 65.9 Å². The monoisotopic (exact) mass is 374 g/mol. The van der Waals surface area contributed by atoms with Crippen LogP contribution in [-0.4, -0.2) is 41.6 Å². The predicted octanol–water partition coefficient (Wildman–Crippen LogP) is 4.59. The van der Waals surface area contributed by atoms with E-state index in [1.165, 1.54) is 11.3 Å². The normalized spacial score (nSPS) is 17.0. The van der Waals surface area contributed by atoms with Gasteiger partial charge in [0.1, 0.15) is 0 Å². The molecule has 28 heavy (non-hydrogen) atoms. The van der Waals surface area contributed by atoms with Crippen LogP contribution in [0.4, 0.5) is 16.2 Å². The van der Waals surface area contributed by atoms with Crippen LogP contribution in [0.15, 0.2) is 54.6 Å². The van der Waals surface area contributed by atoms with Crippen LogP contribution in [0.5, 0.6) is 0 Å². The van der Waals surface area contributed by atoms with Crippen molar-refractivity contribution in [2.24, 2.45) is 0 Å². The Morgan fingerprint density at radius 1 is 1.04 bits per heavy atom. The van der Waals surface area contributed by atoms with Gasteiger partial charge >= 0.3 is 6.03 Å². The molecule has 2 aromatic carbocycles. The number of urea groups is 1. The van der Waals surface area contributed by atoms with Gasteiger partial charge in [0.05, 0.1) is 11.2 Å². The van der Waals surface area contributed by atoms with E-state index >= 15 is 0 Å². The minimum atomic E-state index is -0.0517. The average molecular weight is 374 g/mol. The molecule has 1 aliphatic rings. The topological polar surface area (TPSA) is 48.5 Å². The Kier molecular flexibility index (Phi) is 4.90. The lowest BCUT2D eigenvalue weighted by Gasteiger charge is -2.41. The van der Waals surface area contributed by atoms with Crippen LogP contribution in [0.3, 0.4) is 0 Å². The molecule has 4 rings (SSSR count). The quantitative estimate of drug-likeness (QED) is 0.713. The van der Waals surface area contributed by atoms with Crippen molar-refractivity contribution in [3.8, 4) is 0 Å². The molecule has 5 heteroatoms. The van der Waals surface area contributed by atoms with Gasteiger partial charge in [-0.1, -0.05) is 23.8 Å². The number of carbonyl (C=O) groups excluding carboxylic acids is 1. The zero-order chi connectivity index (χ0) is 19.7. The summed E-state index contributed by atoms with van der Waals surface area (Å²) in [7, 11) is 0. The first kappa shape index (κ1) is 18.3. The molecule has 1 atom stereocenters. The molecule has 144 valence electrons. The number of nitrogens with zero attached hydrogens (tertiary/aromatic N) is 3. The van der Waals surface area contributed by atoms with Crippen LogP contribution < -0.4 is 10.2 Å². The van der Waals surface area contributed by atoms with Crippen molar-refractivity contribution in [1.82, 2.24) is 9.88 Å². The molecule has 2 amide bonds. The van der Waals surface area contributed by atoms with Crippen LogP contribution in [0, 0.1) is 13.8 Å². The number of hydrogen-bond acceptors (Lipinski definition) is 3. The van der Waals surface area contributed by atoms with Crippen molar-refractivity contribution in [1.29, 1.82) is 0 Å². The molecule has 5 nitrogen and oxygen atoms in total. The maximum absolute atomic E-state index is 13.0. The summed E-state index contributed by atoms with van der Waals surface area (Å²) in [6, 6.07) is 18.5. The van der Waals surface area contributed by atoms with Crippen molar-refractivity contribution in [3.63, 3.8) is 0 Å². The first-order valence-corrected chi connectivity index (χ1v) is 9.77. The molecule has 1 aliphatic heterocycles. The Balaban J connectivity index is 1.47. The standard InChI is InChI=1S/C23H26N4O/c1-16-7-10-19(11-8-16)26-13-14-27(18(3)15-26)23(28)25-22-6-4-5-21-20(22)12-9-17(2)24-21/h4-12,18H,13-15H2,1-3H3,(H,25,28)/t18-/m1/s1. The second-order valence-corrected chi connectivity index (χ2v) is 7.58. The van der Waals surface area contributed by atoms with Gasteiger partial charge in [-0.2, -0.15) is 0 Å². The van der Waals surface area contributed by atoms with Gasteiger partial charge in [0, 0.05) is 42.4 Å². The van der Waals surface area contributed by atoms with Crippen molar-refractivity contribution >= 4 is 28.3 Å².